The van der Waals surface area contributed by atoms with Crippen LogP contribution in [-0.2, 0) is 0 Å². The molecule has 0 saturated carbocycles. The molecule has 3 aromatic rings. The zero-order valence-corrected chi connectivity index (χ0v) is 18.9. The molecule has 0 aliphatic carbocycles. The fourth-order valence-corrected chi connectivity index (χ4v) is 5.64. The van der Waals surface area contributed by atoms with Crippen LogP contribution in [-0.4, -0.2) is 50.8 Å². The fourth-order valence-electron chi connectivity index (χ4n) is 4.86. The molecule has 0 amide bonds. The molecule has 0 unspecified atom stereocenters. The molecule has 4 heterocycles. The second kappa shape index (κ2) is 7.67. The van der Waals surface area contributed by atoms with Gasteiger partial charge in [0.2, 0.25) is 5.88 Å². The van der Waals surface area contributed by atoms with E-state index in [-0.39, 0.29) is 11.3 Å². The summed E-state index contributed by atoms with van der Waals surface area (Å²) in [6.45, 7) is 4.03. The number of nitrogens with zero attached hydrogens (tertiary/aromatic N) is 3. The third-order valence-electron chi connectivity index (χ3n) is 6.53. The number of phenols is 1. The van der Waals surface area contributed by atoms with Gasteiger partial charge in [-0.1, -0.05) is 22.5 Å². The molecule has 0 spiro atoms. The minimum atomic E-state index is -1.13. The predicted octanol–water partition coefficient (Wildman–Crippen LogP) is 4.37. The Morgan fingerprint density at radius 3 is 2.75 bits per heavy atom. The van der Waals surface area contributed by atoms with E-state index in [0.29, 0.717) is 28.1 Å². The van der Waals surface area contributed by atoms with Gasteiger partial charge in [0.15, 0.2) is 11.2 Å². The van der Waals surface area contributed by atoms with Gasteiger partial charge in [0.05, 0.1) is 18.2 Å². The fraction of sp³-hybridized carbons (Fsp3) is 0.435. The average molecular weight is 457 g/mol. The minimum absolute atomic E-state index is 0.0734. The van der Waals surface area contributed by atoms with Crippen molar-refractivity contribution in [1.82, 2.24) is 20.5 Å². The Labute approximate surface area is 189 Å². The Morgan fingerprint density at radius 1 is 1.16 bits per heavy atom. The van der Waals surface area contributed by atoms with Crippen molar-refractivity contribution in [3.8, 4) is 38.5 Å². The van der Waals surface area contributed by atoms with Gasteiger partial charge in [0.25, 0.3) is 5.19 Å². The molecule has 168 valence electrons. The van der Waals surface area contributed by atoms with Crippen LogP contribution in [0.5, 0.6) is 16.8 Å². The molecule has 2 aromatic heterocycles. The largest absolute Gasteiger partial charge is 0.507 e. The standard InChI is InChI=1S/C23H25FN4O3S/c1-22-7-8-23(2,28-22)19(24)17(12-22)31-21-27-26-20(32-21)15-5-4-13(10-16(15)29)14-6-9-25-18(11-14)30-3/h4-6,9-11,17,19,28-29H,7-8,12H2,1-3H3/t17-,19-,22-,23+/m0/s1. The second-order valence-corrected chi connectivity index (χ2v) is 10.00. The first kappa shape index (κ1) is 21.1. The van der Waals surface area contributed by atoms with Crippen molar-refractivity contribution < 1.29 is 19.0 Å². The molecule has 0 radical (unpaired) electrons. The van der Waals surface area contributed by atoms with Crippen LogP contribution < -0.4 is 14.8 Å². The Morgan fingerprint density at radius 2 is 1.97 bits per heavy atom. The lowest BCUT2D eigenvalue weighted by atomic mass is 9.85. The van der Waals surface area contributed by atoms with Crippen LogP contribution in [0, 0.1) is 0 Å². The summed E-state index contributed by atoms with van der Waals surface area (Å²) < 4.78 is 26.3. The minimum Gasteiger partial charge on any atom is -0.507 e. The van der Waals surface area contributed by atoms with E-state index in [1.165, 1.54) is 11.3 Å². The summed E-state index contributed by atoms with van der Waals surface area (Å²) in [5.41, 5.74) is 1.54. The van der Waals surface area contributed by atoms with E-state index in [4.69, 9.17) is 9.47 Å². The van der Waals surface area contributed by atoms with Crippen molar-refractivity contribution in [2.75, 3.05) is 7.11 Å². The molecule has 9 heteroatoms. The van der Waals surface area contributed by atoms with Crippen LogP contribution in [0.2, 0.25) is 0 Å². The number of benzene rings is 1. The van der Waals surface area contributed by atoms with Gasteiger partial charge >= 0.3 is 0 Å². The Hall–Kier alpha value is -2.78. The van der Waals surface area contributed by atoms with Gasteiger partial charge in [-0.3, -0.25) is 0 Å². The van der Waals surface area contributed by atoms with Crippen LogP contribution >= 0.6 is 11.3 Å². The van der Waals surface area contributed by atoms with E-state index in [2.05, 4.69) is 27.4 Å². The monoisotopic (exact) mass is 456 g/mol. The first-order valence-electron chi connectivity index (χ1n) is 10.6. The molecular formula is C23H25FN4O3S. The number of piperidine rings is 1. The molecule has 2 bridgehead atoms. The summed E-state index contributed by atoms with van der Waals surface area (Å²) >= 11 is 1.20. The van der Waals surface area contributed by atoms with E-state index in [9.17, 15) is 5.11 Å². The number of hydrogen-bond acceptors (Lipinski definition) is 8. The number of halogens is 1. The maximum Gasteiger partial charge on any atom is 0.294 e. The zero-order chi connectivity index (χ0) is 22.5. The molecule has 4 atom stereocenters. The molecular weight excluding hydrogens is 431 g/mol. The molecule has 5 rings (SSSR count). The van der Waals surface area contributed by atoms with Gasteiger partial charge in [0, 0.05) is 24.2 Å². The lowest BCUT2D eigenvalue weighted by molar-refractivity contribution is -0.00735. The summed E-state index contributed by atoms with van der Waals surface area (Å²) in [5.74, 6) is 0.571. The van der Waals surface area contributed by atoms with Crippen molar-refractivity contribution >= 4 is 11.3 Å². The van der Waals surface area contributed by atoms with Crippen molar-refractivity contribution in [1.29, 1.82) is 0 Å². The van der Waals surface area contributed by atoms with Crippen molar-refractivity contribution in [2.24, 2.45) is 0 Å². The van der Waals surface area contributed by atoms with E-state index >= 15 is 4.39 Å². The van der Waals surface area contributed by atoms with Crippen molar-refractivity contribution in [3.63, 3.8) is 0 Å². The average Bonchev–Trinajstić information content (AvgIpc) is 3.35. The lowest BCUT2D eigenvalue weighted by Gasteiger charge is -2.43. The van der Waals surface area contributed by atoms with Crippen LogP contribution in [0.25, 0.3) is 21.7 Å². The number of ether oxygens (including phenoxy) is 2. The van der Waals surface area contributed by atoms with Gasteiger partial charge in [-0.25, -0.2) is 9.37 Å². The van der Waals surface area contributed by atoms with E-state index in [1.54, 1.807) is 31.5 Å². The van der Waals surface area contributed by atoms with Crippen molar-refractivity contribution in [2.45, 2.75) is 56.5 Å². The number of hydrogen-bond donors (Lipinski definition) is 2. The summed E-state index contributed by atoms with van der Waals surface area (Å²) in [4.78, 5) is 4.10. The normalized spacial score (nSPS) is 29.1. The Kier molecular flexibility index (Phi) is 5.05. The van der Waals surface area contributed by atoms with Crippen LogP contribution in [0.4, 0.5) is 4.39 Å². The maximum atomic E-state index is 15.1. The summed E-state index contributed by atoms with van der Waals surface area (Å²) in [5, 5.41) is 23.2. The molecule has 2 N–H and O–H groups in total. The number of methoxy groups -OCH3 is 1. The van der Waals surface area contributed by atoms with Gasteiger partial charge in [-0.2, -0.15) is 0 Å². The highest BCUT2D eigenvalue weighted by molar-refractivity contribution is 7.16. The number of rotatable bonds is 5. The number of pyridine rings is 1. The van der Waals surface area contributed by atoms with Gasteiger partial charge in [-0.05, 0) is 56.0 Å². The van der Waals surface area contributed by atoms with Crippen molar-refractivity contribution in [3.05, 3.63) is 36.5 Å². The highest BCUT2D eigenvalue weighted by Gasteiger charge is 2.56. The number of aromatic nitrogens is 3. The third-order valence-corrected chi connectivity index (χ3v) is 7.38. The molecule has 32 heavy (non-hydrogen) atoms. The smallest absolute Gasteiger partial charge is 0.294 e. The number of alkyl halides is 1. The number of phenolic OH excluding ortho intramolecular Hbond substituents is 1. The summed E-state index contributed by atoms with van der Waals surface area (Å²) in [6.07, 6.45) is 2.24. The van der Waals surface area contributed by atoms with Crippen LogP contribution in [0.3, 0.4) is 0 Å². The lowest BCUT2D eigenvalue weighted by Crippen LogP contribution is -2.63. The highest BCUT2D eigenvalue weighted by atomic mass is 32.1. The van der Waals surface area contributed by atoms with Gasteiger partial charge in [-0.15, -0.1) is 5.10 Å². The quantitative estimate of drug-likeness (QED) is 0.589. The topological polar surface area (TPSA) is 89.4 Å². The Bertz CT molecular complexity index is 1160. The molecule has 7 nitrogen and oxygen atoms in total. The predicted molar refractivity (Wildman–Crippen MR) is 120 cm³/mol. The van der Waals surface area contributed by atoms with Crippen LogP contribution in [0.1, 0.15) is 33.1 Å². The molecule has 1 aromatic carbocycles. The SMILES string of the molecule is COc1cc(-c2ccc(-c3nnc(O[C@H]4C[C@]5(C)CC[C@@](C)(N5)[C@H]4F)s3)c(O)c2)ccn1. The summed E-state index contributed by atoms with van der Waals surface area (Å²) in [7, 11) is 1.56. The highest BCUT2D eigenvalue weighted by Crippen LogP contribution is 2.45. The molecule has 2 saturated heterocycles. The first-order valence-corrected chi connectivity index (χ1v) is 11.4. The zero-order valence-electron chi connectivity index (χ0n) is 18.1. The molecule has 2 aliphatic heterocycles. The Balaban J connectivity index is 1.36. The van der Waals surface area contributed by atoms with E-state index < -0.39 is 17.8 Å². The maximum absolute atomic E-state index is 15.1. The first-order chi connectivity index (χ1) is 15.3. The molecule has 2 fully saturated rings. The van der Waals surface area contributed by atoms with Gasteiger partial charge < -0.3 is 19.9 Å². The summed E-state index contributed by atoms with van der Waals surface area (Å²) in [6, 6.07) is 8.97. The van der Waals surface area contributed by atoms with Gasteiger partial charge in [0.1, 0.15) is 11.9 Å². The molecule has 2 aliphatic rings. The van der Waals surface area contributed by atoms with Crippen LogP contribution in [0.15, 0.2) is 36.5 Å². The number of fused-ring (bicyclic) bond motifs is 2. The number of aromatic hydroxyl groups is 1. The van der Waals surface area contributed by atoms with E-state index in [0.717, 1.165) is 24.0 Å². The third kappa shape index (κ3) is 3.69. The number of nitrogens with one attached hydrogen (secondary N) is 1. The van der Waals surface area contributed by atoms with E-state index in [1.807, 2.05) is 19.1 Å². The second-order valence-electron chi connectivity index (χ2n) is 9.06.